The predicted molar refractivity (Wildman–Crippen MR) is 66.3 cm³/mol. The lowest BCUT2D eigenvalue weighted by molar-refractivity contribution is 0.112. The second kappa shape index (κ2) is 3.91. The van der Waals surface area contributed by atoms with E-state index >= 15 is 0 Å². The van der Waals surface area contributed by atoms with Crippen molar-refractivity contribution in [1.29, 1.82) is 0 Å². The molecule has 1 unspecified atom stereocenters. The maximum absolute atomic E-state index is 11.9. The zero-order valence-corrected chi connectivity index (χ0v) is 10.4. The van der Waals surface area contributed by atoms with E-state index in [4.69, 9.17) is 0 Å². The number of carbonyl (C=O) groups excluding carboxylic acids is 1. The van der Waals surface area contributed by atoms with Gasteiger partial charge >= 0.3 is 0 Å². The molecule has 2 aromatic rings. The first-order valence-corrected chi connectivity index (χ1v) is 7.48. The zero-order chi connectivity index (χ0) is 12.8. The molecule has 1 saturated heterocycles. The Morgan fingerprint density at radius 1 is 1.44 bits per heavy atom. The van der Waals surface area contributed by atoms with Gasteiger partial charge in [-0.25, -0.2) is 13.4 Å². The van der Waals surface area contributed by atoms with Crippen molar-refractivity contribution in [2.24, 2.45) is 0 Å². The van der Waals surface area contributed by atoms with Crippen LogP contribution in [0.5, 0.6) is 0 Å². The smallest absolute Gasteiger partial charge is 0.158 e. The van der Waals surface area contributed by atoms with Gasteiger partial charge in [-0.3, -0.25) is 4.79 Å². The molecule has 94 valence electrons. The van der Waals surface area contributed by atoms with Crippen LogP contribution in [-0.4, -0.2) is 29.8 Å². The largest absolute Gasteiger partial charge is 0.306 e. The van der Waals surface area contributed by atoms with Gasteiger partial charge in [-0.1, -0.05) is 0 Å². The van der Waals surface area contributed by atoms with Gasteiger partial charge in [0.1, 0.15) is 10.9 Å². The fraction of sp³-hybridized carbons (Fsp3) is 0.333. The van der Waals surface area contributed by atoms with Gasteiger partial charge < -0.3 is 4.40 Å². The van der Waals surface area contributed by atoms with E-state index in [0.29, 0.717) is 29.7 Å². The molecular formula is C12H12N2O3S. The van der Waals surface area contributed by atoms with Crippen molar-refractivity contribution in [2.75, 3.05) is 5.75 Å². The predicted octanol–water partition coefficient (Wildman–Crippen LogP) is 1.40. The SMILES string of the molecule is O=Cc1cccn2cc(C3CCCS3(=O)=O)nc12. The summed E-state index contributed by atoms with van der Waals surface area (Å²) in [5.74, 6) is 0.228. The van der Waals surface area contributed by atoms with Crippen molar-refractivity contribution in [3.63, 3.8) is 0 Å². The molecule has 0 amide bonds. The monoisotopic (exact) mass is 264 g/mol. The van der Waals surface area contributed by atoms with Gasteiger partial charge in [0.05, 0.1) is 17.0 Å². The number of nitrogens with zero attached hydrogens (tertiary/aromatic N) is 2. The Bertz CT molecular complexity index is 718. The Hall–Kier alpha value is -1.69. The summed E-state index contributed by atoms with van der Waals surface area (Å²) >= 11 is 0. The van der Waals surface area contributed by atoms with Gasteiger partial charge in [0.25, 0.3) is 0 Å². The van der Waals surface area contributed by atoms with E-state index in [1.165, 1.54) is 0 Å². The molecule has 0 spiro atoms. The first-order chi connectivity index (χ1) is 8.62. The maximum atomic E-state index is 11.9. The minimum absolute atomic E-state index is 0.228. The summed E-state index contributed by atoms with van der Waals surface area (Å²) in [5.41, 5.74) is 1.53. The second-order valence-electron chi connectivity index (χ2n) is 4.48. The minimum Gasteiger partial charge on any atom is -0.306 e. The Kier molecular flexibility index (Phi) is 2.48. The van der Waals surface area contributed by atoms with Crippen molar-refractivity contribution < 1.29 is 13.2 Å². The first kappa shape index (κ1) is 11.4. The van der Waals surface area contributed by atoms with Crippen LogP contribution in [0, 0.1) is 0 Å². The summed E-state index contributed by atoms with van der Waals surface area (Å²) < 4.78 is 25.5. The summed E-state index contributed by atoms with van der Waals surface area (Å²) in [6.07, 6.45) is 5.50. The average Bonchev–Trinajstić information content (AvgIpc) is 2.90. The Labute approximate surface area is 104 Å². The number of aldehydes is 1. The van der Waals surface area contributed by atoms with Crippen molar-refractivity contribution in [2.45, 2.75) is 18.1 Å². The molecule has 1 fully saturated rings. The van der Waals surface area contributed by atoms with E-state index in [-0.39, 0.29) is 5.75 Å². The molecule has 0 radical (unpaired) electrons. The third-order valence-corrected chi connectivity index (χ3v) is 5.52. The lowest BCUT2D eigenvalue weighted by Gasteiger charge is -2.03. The highest BCUT2D eigenvalue weighted by atomic mass is 32.2. The molecule has 1 atom stereocenters. The molecule has 5 nitrogen and oxygen atoms in total. The van der Waals surface area contributed by atoms with Crippen molar-refractivity contribution in [3.05, 3.63) is 35.8 Å². The molecule has 0 saturated carbocycles. The molecule has 18 heavy (non-hydrogen) atoms. The normalized spacial score (nSPS) is 22.3. The molecule has 0 bridgehead atoms. The number of carbonyl (C=O) groups is 1. The second-order valence-corrected chi connectivity index (χ2v) is 6.78. The molecule has 3 rings (SSSR count). The van der Waals surface area contributed by atoms with Crippen LogP contribution in [0.15, 0.2) is 24.5 Å². The van der Waals surface area contributed by atoms with Crippen molar-refractivity contribution in [1.82, 2.24) is 9.38 Å². The first-order valence-electron chi connectivity index (χ1n) is 5.76. The zero-order valence-electron chi connectivity index (χ0n) is 9.61. The third-order valence-electron chi connectivity index (χ3n) is 3.32. The lowest BCUT2D eigenvalue weighted by atomic mass is 10.2. The van der Waals surface area contributed by atoms with Gasteiger partial charge in [0, 0.05) is 12.4 Å². The van der Waals surface area contributed by atoms with E-state index in [0.717, 1.165) is 6.29 Å². The number of imidazole rings is 1. The van der Waals surface area contributed by atoms with E-state index in [1.54, 1.807) is 28.9 Å². The molecular weight excluding hydrogens is 252 g/mol. The Morgan fingerprint density at radius 3 is 2.94 bits per heavy atom. The van der Waals surface area contributed by atoms with Gasteiger partial charge in [-0.2, -0.15) is 0 Å². The number of rotatable bonds is 2. The maximum Gasteiger partial charge on any atom is 0.158 e. The molecule has 2 aromatic heterocycles. The van der Waals surface area contributed by atoms with Gasteiger partial charge in [-0.15, -0.1) is 0 Å². The molecule has 0 aromatic carbocycles. The molecule has 0 aliphatic carbocycles. The van der Waals surface area contributed by atoms with Gasteiger partial charge in [0.2, 0.25) is 0 Å². The van der Waals surface area contributed by atoms with E-state index < -0.39 is 15.1 Å². The minimum atomic E-state index is -3.07. The van der Waals surface area contributed by atoms with Crippen LogP contribution in [0.25, 0.3) is 5.65 Å². The standard InChI is InChI=1S/C12H12N2O3S/c15-8-9-3-1-5-14-7-10(13-12(9)14)11-4-2-6-18(11,16)17/h1,3,5,7-8,11H,2,4,6H2. The highest BCUT2D eigenvalue weighted by Crippen LogP contribution is 2.34. The molecule has 1 aliphatic heterocycles. The number of sulfone groups is 1. The van der Waals surface area contributed by atoms with Crippen LogP contribution in [-0.2, 0) is 9.84 Å². The quantitative estimate of drug-likeness (QED) is 0.769. The van der Waals surface area contributed by atoms with Crippen LogP contribution in [0.1, 0.15) is 34.1 Å². The van der Waals surface area contributed by atoms with Gasteiger partial charge in [0.15, 0.2) is 16.1 Å². The summed E-state index contributed by atoms with van der Waals surface area (Å²) in [6, 6.07) is 3.41. The fourth-order valence-corrected chi connectivity index (χ4v) is 4.29. The van der Waals surface area contributed by atoms with Crippen LogP contribution < -0.4 is 0 Å². The highest BCUT2D eigenvalue weighted by molar-refractivity contribution is 7.91. The highest BCUT2D eigenvalue weighted by Gasteiger charge is 2.34. The topological polar surface area (TPSA) is 68.5 Å². The summed E-state index contributed by atoms with van der Waals surface area (Å²) in [5, 5.41) is -0.517. The van der Waals surface area contributed by atoms with Crippen LogP contribution in [0.4, 0.5) is 0 Å². The fourth-order valence-electron chi connectivity index (χ4n) is 2.42. The summed E-state index contributed by atoms with van der Waals surface area (Å²) in [6.45, 7) is 0. The van der Waals surface area contributed by atoms with E-state index in [1.807, 2.05) is 0 Å². The molecule has 3 heterocycles. The Balaban J connectivity index is 2.17. The number of hydrogen-bond acceptors (Lipinski definition) is 4. The Morgan fingerprint density at radius 2 is 2.28 bits per heavy atom. The number of fused-ring (bicyclic) bond motifs is 1. The number of pyridine rings is 1. The van der Waals surface area contributed by atoms with Gasteiger partial charge in [-0.05, 0) is 25.0 Å². The molecule has 0 N–H and O–H groups in total. The average molecular weight is 264 g/mol. The van der Waals surface area contributed by atoms with E-state index in [2.05, 4.69) is 4.98 Å². The van der Waals surface area contributed by atoms with Crippen molar-refractivity contribution in [3.8, 4) is 0 Å². The molecule has 1 aliphatic rings. The van der Waals surface area contributed by atoms with Crippen LogP contribution in [0.3, 0.4) is 0 Å². The lowest BCUT2D eigenvalue weighted by Crippen LogP contribution is -2.08. The van der Waals surface area contributed by atoms with E-state index in [9.17, 15) is 13.2 Å². The van der Waals surface area contributed by atoms with Crippen LogP contribution >= 0.6 is 0 Å². The van der Waals surface area contributed by atoms with Crippen molar-refractivity contribution >= 4 is 21.8 Å². The number of aromatic nitrogens is 2. The summed E-state index contributed by atoms with van der Waals surface area (Å²) in [7, 11) is -3.07. The van der Waals surface area contributed by atoms with Crippen LogP contribution in [0.2, 0.25) is 0 Å². The summed E-state index contributed by atoms with van der Waals surface area (Å²) in [4.78, 5) is 15.2. The number of hydrogen-bond donors (Lipinski definition) is 0. The molecule has 6 heteroatoms. The third kappa shape index (κ3) is 1.64.